The molecule has 322 valence electrons. The van der Waals surface area contributed by atoms with Crippen LogP contribution in [0.2, 0.25) is 0 Å². The van der Waals surface area contributed by atoms with Crippen LogP contribution in [0.25, 0.3) is 77.9 Å². The summed E-state index contributed by atoms with van der Waals surface area (Å²) in [6.45, 7) is 0. The van der Waals surface area contributed by atoms with E-state index in [1.165, 1.54) is 72.3 Å². The van der Waals surface area contributed by atoms with Gasteiger partial charge in [-0.25, -0.2) is 0 Å². The van der Waals surface area contributed by atoms with E-state index in [1.54, 1.807) is 0 Å². The predicted molar refractivity (Wildman–Crippen MR) is 285 cm³/mol. The molecule has 0 N–H and O–H groups in total. The fourth-order valence-electron chi connectivity index (χ4n) is 11.8. The molecule has 69 heavy (non-hydrogen) atoms. The van der Waals surface area contributed by atoms with Gasteiger partial charge in [0.1, 0.15) is 5.75 Å². The SMILES string of the molecule is c1ccc(-c2ccc(N(c3ccc(-c4ccc5c(c4)C4(c6ccccc6-c6ccccc6-c6ccccc64)c4ccccc4-5)cc3)c3cccc4c3Oc3ccccc3-c3ccccc3-4)cc2)cc1. The molecule has 2 nitrogen and oxygen atoms in total. The Labute approximate surface area is 402 Å². The highest BCUT2D eigenvalue weighted by atomic mass is 16.5. The van der Waals surface area contributed by atoms with E-state index in [4.69, 9.17) is 4.74 Å². The van der Waals surface area contributed by atoms with Gasteiger partial charge in [0.05, 0.1) is 11.1 Å². The predicted octanol–water partition coefficient (Wildman–Crippen LogP) is 17.9. The summed E-state index contributed by atoms with van der Waals surface area (Å²) in [6.07, 6.45) is 0. The Kier molecular flexibility index (Phi) is 8.84. The normalized spacial score (nSPS) is 12.9. The third kappa shape index (κ3) is 5.92. The monoisotopic (exact) mass is 877 g/mol. The summed E-state index contributed by atoms with van der Waals surface area (Å²) in [5, 5.41) is 0. The summed E-state index contributed by atoms with van der Waals surface area (Å²) in [4.78, 5) is 2.35. The summed E-state index contributed by atoms with van der Waals surface area (Å²) in [5.41, 5.74) is 24.5. The third-order valence-electron chi connectivity index (χ3n) is 14.7. The maximum absolute atomic E-state index is 7.09. The molecule has 0 aromatic heterocycles. The van der Waals surface area contributed by atoms with Crippen LogP contribution in [-0.2, 0) is 5.41 Å². The Morgan fingerprint density at radius 1 is 0.261 bits per heavy atom. The van der Waals surface area contributed by atoms with Crippen LogP contribution in [0.15, 0.2) is 261 Å². The molecule has 0 unspecified atom stereocenters. The second kappa shape index (κ2) is 15.6. The van der Waals surface area contributed by atoms with Gasteiger partial charge in [0, 0.05) is 22.5 Å². The Bertz CT molecular complexity index is 3740. The molecular weight excluding hydrogens is 835 g/mol. The molecule has 1 heterocycles. The van der Waals surface area contributed by atoms with Crippen LogP contribution >= 0.6 is 0 Å². The average Bonchev–Trinajstić information content (AvgIpc) is 3.55. The molecule has 2 heteroatoms. The zero-order chi connectivity index (χ0) is 45.5. The average molecular weight is 878 g/mol. The van der Waals surface area contributed by atoms with Gasteiger partial charge in [0.15, 0.2) is 5.75 Å². The van der Waals surface area contributed by atoms with Crippen molar-refractivity contribution in [3.05, 3.63) is 283 Å². The van der Waals surface area contributed by atoms with Gasteiger partial charge in [-0.3, -0.25) is 0 Å². The number of ether oxygens (including phenoxy) is 1. The number of fused-ring (bicyclic) bond motifs is 17. The van der Waals surface area contributed by atoms with E-state index >= 15 is 0 Å². The molecule has 0 fully saturated rings. The van der Waals surface area contributed by atoms with E-state index in [9.17, 15) is 0 Å². The molecule has 1 spiro atoms. The number of hydrogen-bond acceptors (Lipinski definition) is 2. The lowest BCUT2D eigenvalue weighted by Crippen LogP contribution is -2.29. The first-order valence-electron chi connectivity index (χ1n) is 23.8. The zero-order valence-corrected chi connectivity index (χ0v) is 37.7. The van der Waals surface area contributed by atoms with Crippen molar-refractivity contribution in [2.24, 2.45) is 0 Å². The fourth-order valence-corrected chi connectivity index (χ4v) is 11.8. The number of nitrogens with zero attached hydrogens (tertiary/aromatic N) is 1. The van der Waals surface area contributed by atoms with Crippen LogP contribution in [0, 0.1) is 0 Å². The van der Waals surface area contributed by atoms with E-state index in [0.717, 1.165) is 56.4 Å². The molecule has 0 bridgehead atoms. The Morgan fingerprint density at radius 3 is 1.23 bits per heavy atom. The van der Waals surface area contributed by atoms with Crippen LogP contribution < -0.4 is 9.64 Å². The van der Waals surface area contributed by atoms with E-state index in [1.807, 2.05) is 0 Å². The van der Waals surface area contributed by atoms with Crippen molar-refractivity contribution < 1.29 is 4.74 Å². The maximum Gasteiger partial charge on any atom is 0.159 e. The Balaban J connectivity index is 0.939. The van der Waals surface area contributed by atoms with Gasteiger partial charge in [-0.2, -0.15) is 0 Å². The van der Waals surface area contributed by atoms with Crippen LogP contribution in [0.5, 0.6) is 11.5 Å². The molecule has 0 amide bonds. The summed E-state index contributed by atoms with van der Waals surface area (Å²) in [7, 11) is 0. The minimum atomic E-state index is -0.543. The van der Waals surface area contributed by atoms with Crippen molar-refractivity contribution >= 4 is 17.1 Å². The first kappa shape index (κ1) is 39.2. The lowest BCUT2D eigenvalue weighted by atomic mass is 9.65. The molecule has 1 aliphatic heterocycles. The third-order valence-corrected chi connectivity index (χ3v) is 14.7. The maximum atomic E-state index is 7.09. The van der Waals surface area contributed by atoms with Crippen LogP contribution in [0.3, 0.4) is 0 Å². The molecule has 14 rings (SSSR count). The van der Waals surface area contributed by atoms with Crippen molar-refractivity contribution in [3.63, 3.8) is 0 Å². The lowest BCUT2D eigenvalue weighted by Gasteiger charge is -2.35. The zero-order valence-electron chi connectivity index (χ0n) is 37.7. The van der Waals surface area contributed by atoms with Crippen molar-refractivity contribution in [2.75, 3.05) is 4.90 Å². The van der Waals surface area contributed by atoms with Crippen molar-refractivity contribution in [1.29, 1.82) is 0 Å². The number of rotatable bonds is 5. The summed E-state index contributed by atoms with van der Waals surface area (Å²) < 4.78 is 7.09. The number of anilines is 3. The minimum absolute atomic E-state index is 0.543. The highest BCUT2D eigenvalue weighted by Crippen LogP contribution is 2.62. The number of hydrogen-bond donors (Lipinski definition) is 0. The summed E-state index contributed by atoms with van der Waals surface area (Å²) in [5.74, 6) is 1.66. The first-order chi connectivity index (χ1) is 34.2. The quantitative estimate of drug-likeness (QED) is 0.171. The highest BCUT2D eigenvalue weighted by Gasteiger charge is 2.49. The highest BCUT2D eigenvalue weighted by molar-refractivity contribution is 5.99. The molecule has 3 aliphatic rings. The summed E-state index contributed by atoms with van der Waals surface area (Å²) >= 11 is 0. The van der Waals surface area contributed by atoms with Crippen molar-refractivity contribution in [2.45, 2.75) is 5.41 Å². The topological polar surface area (TPSA) is 12.5 Å². The van der Waals surface area contributed by atoms with E-state index < -0.39 is 5.41 Å². The largest absolute Gasteiger partial charge is 0.454 e. The summed E-state index contributed by atoms with van der Waals surface area (Å²) in [6, 6.07) is 95.5. The molecule has 0 saturated carbocycles. The molecule has 2 aliphatic carbocycles. The van der Waals surface area contributed by atoms with Crippen LogP contribution in [-0.4, -0.2) is 0 Å². The van der Waals surface area contributed by atoms with Gasteiger partial charge in [0.25, 0.3) is 0 Å². The van der Waals surface area contributed by atoms with Crippen molar-refractivity contribution in [1.82, 2.24) is 0 Å². The molecule has 0 atom stereocenters. The van der Waals surface area contributed by atoms with Crippen LogP contribution in [0.1, 0.15) is 22.3 Å². The number of para-hydroxylation sites is 2. The molecule has 0 radical (unpaired) electrons. The van der Waals surface area contributed by atoms with E-state index in [0.29, 0.717) is 0 Å². The smallest absolute Gasteiger partial charge is 0.159 e. The molecular formula is C67H43NO. The lowest BCUT2D eigenvalue weighted by molar-refractivity contribution is 0.489. The standard InChI is InChI=1S/C67H43NO/c1-2-17-44(18-3-1)45-33-38-48(39-34-45)68(64-31-16-27-59-53-22-7-6-21-52(53)58-26-11-15-32-65(58)69-66(59)64)49-40-35-46(36-41-49)47-37-42-57-56-25-10-14-30-62(56)67(63(57)43-47)60-28-12-8-23-54(60)50-19-4-5-20-51(50)55-24-9-13-29-61(55)67/h1-43H. The second-order valence-corrected chi connectivity index (χ2v) is 18.3. The van der Waals surface area contributed by atoms with Crippen LogP contribution in [0.4, 0.5) is 17.1 Å². The molecule has 0 saturated heterocycles. The van der Waals surface area contributed by atoms with E-state index in [2.05, 4.69) is 266 Å². The van der Waals surface area contributed by atoms with Gasteiger partial charge in [-0.15, -0.1) is 0 Å². The van der Waals surface area contributed by atoms with Gasteiger partial charge in [-0.1, -0.05) is 218 Å². The Morgan fingerprint density at radius 2 is 0.652 bits per heavy atom. The Hall–Kier alpha value is -8.98. The fraction of sp³-hybridized carbons (Fsp3) is 0.0149. The second-order valence-electron chi connectivity index (χ2n) is 18.3. The van der Waals surface area contributed by atoms with E-state index in [-0.39, 0.29) is 0 Å². The first-order valence-corrected chi connectivity index (χ1v) is 23.8. The van der Waals surface area contributed by atoms with Gasteiger partial charge < -0.3 is 9.64 Å². The van der Waals surface area contributed by atoms with Gasteiger partial charge in [0.2, 0.25) is 0 Å². The van der Waals surface area contributed by atoms with Crippen molar-refractivity contribution in [3.8, 4) is 89.4 Å². The number of benzene rings is 11. The minimum Gasteiger partial charge on any atom is -0.454 e. The van der Waals surface area contributed by atoms with Gasteiger partial charge >= 0.3 is 0 Å². The molecule has 11 aromatic rings. The van der Waals surface area contributed by atoms with Gasteiger partial charge in [-0.05, 0) is 131 Å². The molecule has 11 aromatic carbocycles.